The second kappa shape index (κ2) is 6.20. The molecule has 1 aromatic heterocycles. The maximum absolute atomic E-state index is 12.0. The Kier molecular flexibility index (Phi) is 5.16. The van der Waals surface area contributed by atoms with Gasteiger partial charge in [-0.05, 0) is 5.92 Å². The van der Waals surface area contributed by atoms with Crippen molar-refractivity contribution < 1.29 is 4.79 Å². The minimum Gasteiger partial charge on any atom is -0.352 e. The van der Waals surface area contributed by atoms with Gasteiger partial charge in [-0.3, -0.25) is 9.48 Å². The Morgan fingerprint density at radius 1 is 1.61 bits per heavy atom. The van der Waals surface area contributed by atoms with Gasteiger partial charge in [-0.15, -0.1) is 12.4 Å². The number of hydrogen-bond donors (Lipinski definition) is 2. The van der Waals surface area contributed by atoms with Crippen molar-refractivity contribution in [3.05, 3.63) is 17.5 Å². The number of carbonyl (C=O) groups is 1. The van der Waals surface area contributed by atoms with E-state index in [1.165, 1.54) is 0 Å². The molecule has 5 nitrogen and oxygen atoms in total. The lowest BCUT2D eigenvalue weighted by Crippen LogP contribution is -2.48. The summed E-state index contributed by atoms with van der Waals surface area (Å²) in [6, 6.07) is 0. The minimum atomic E-state index is -0.00583. The summed E-state index contributed by atoms with van der Waals surface area (Å²) in [7, 11) is 1.85. The highest BCUT2D eigenvalue weighted by atomic mass is 35.5. The van der Waals surface area contributed by atoms with Gasteiger partial charge in [-0.1, -0.05) is 13.8 Å². The Hall–Kier alpha value is -1.07. The van der Waals surface area contributed by atoms with E-state index in [2.05, 4.69) is 29.6 Å². The molecule has 0 aromatic carbocycles. The molecule has 0 atom stereocenters. The number of hydrogen-bond acceptors (Lipinski definition) is 3. The van der Waals surface area contributed by atoms with E-state index in [9.17, 15) is 4.79 Å². The number of aryl methyl sites for hydroxylation is 1. The molecular formula is C12H21ClN4O. The number of nitrogens with one attached hydrogen (secondary N) is 2. The number of carbonyl (C=O) groups excluding carboxylic acids is 1. The molecule has 2 rings (SSSR count). The van der Waals surface area contributed by atoms with Gasteiger partial charge in [0.2, 0.25) is 0 Å². The lowest BCUT2D eigenvalue weighted by Gasteiger charge is -2.27. The molecule has 1 saturated heterocycles. The zero-order valence-corrected chi connectivity index (χ0v) is 11.9. The smallest absolute Gasteiger partial charge is 0.254 e. The van der Waals surface area contributed by atoms with E-state index < -0.39 is 0 Å². The standard InChI is InChI=1S/C12H20N4O.ClH/c1-8(2)11-10(7-16(3)15-11)12(17)14-6-9-4-13-5-9;/h7-9,13H,4-6H2,1-3H3,(H,14,17);1H. The summed E-state index contributed by atoms with van der Waals surface area (Å²) in [4.78, 5) is 12.0. The zero-order valence-electron chi connectivity index (χ0n) is 11.1. The van der Waals surface area contributed by atoms with Gasteiger partial charge in [0.1, 0.15) is 0 Å². The molecule has 1 fully saturated rings. The third-order valence-corrected chi connectivity index (χ3v) is 3.07. The average molecular weight is 273 g/mol. The second-order valence-electron chi connectivity index (χ2n) is 4.99. The summed E-state index contributed by atoms with van der Waals surface area (Å²) in [5.41, 5.74) is 1.58. The quantitative estimate of drug-likeness (QED) is 0.857. The van der Waals surface area contributed by atoms with Gasteiger partial charge in [0.05, 0.1) is 11.3 Å². The van der Waals surface area contributed by atoms with Crippen molar-refractivity contribution >= 4 is 18.3 Å². The van der Waals surface area contributed by atoms with E-state index in [0.717, 1.165) is 25.3 Å². The fourth-order valence-electron chi connectivity index (χ4n) is 1.93. The van der Waals surface area contributed by atoms with Gasteiger partial charge in [0.25, 0.3) is 5.91 Å². The summed E-state index contributed by atoms with van der Waals surface area (Å²) >= 11 is 0. The van der Waals surface area contributed by atoms with Gasteiger partial charge < -0.3 is 10.6 Å². The third-order valence-electron chi connectivity index (χ3n) is 3.07. The van der Waals surface area contributed by atoms with Crippen molar-refractivity contribution in [1.29, 1.82) is 0 Å². The molecule has 1 aliphatic heterocycles. The number of halogens is 1. The Balaban J connectivity index is 0.00000162. The molecule has 0 bridgehead atoms. The predicted molar refractivity (Wildman–Crippen MR) is 73.2 cm³/mol. The lowest BCUT2D eigenvalue weighted by atomic mass is 10.0. The van der Waals surface area contributed by atoms with E-state index in [0.29, 0.717) is 11.5 Å². The van der Waals surface area contributed by atoms with Gasteiger partial charge in [-0.2, -0.15) is 5.10 Å². The molecular weight excluding hydrogens is 252 g/mol. The van der Waals surface area contributed by atoms with Crippen molar-refractivity contribution in [1.82, 2.24) is 20.4 Å². The fraction of sp³-hybridized carbons (Fsp3) is 0.667. The minimum absolute atomic E-state index is 0. The molecule has 0 spiro atoms. The monoisotopic (exact) mass is 272 g/mol. The first-order chi connectivity index (χ1) is 8.08. The fourth-order valence-corrected chi connectivity index (χ4v) is 1.93. The maximum atomic E-state index is 12.0. The number of rotatable bonds is 4. The van der Waals surface area contributed by atoms with Crippen LogP contribution in [0.3, 0.4) is 0 Å². The molecule has 6 heteroatoms. The number of nitrogens with zero attached hydrogens (tertiary/aromatic N) is 2. The molecule has 2 heterocycles. The molecule has 0 radical (unpaired) electrons. The molecule has 0 unspecified atom stereocenters. The maximum Gasteiger partial charge on any atom is 0.254 e. The van der Waals surface area contributed by atoms with Crippen molar-refractivity contribution in [2.75, 3.05) is 19.6 Å². The van der Waals surface area contributed by atoms with E-state index in [1.54, 1.807) is 10.9 Å². The van der Waals surface area contributed by atoms with Crippen molar-refractivity contribution in [2.45, 2.75) is 19.8 Å². The largest absolute Gasteiger partial charge is 0.352 e. The molecule has 1 aliphatic rings. The highest BCUT2D eigenvalue weighted by Crippen LogP contribution is 2.17. The highest BCUT2D eigenvalue weighted by Gasteiger charge is 2.21. The van der Waals surface area contributed by atoms with Crippen LogP contribution in [0.25, 0.3) is 0 Å². The van der Waals surface area contributed by atoms with Crippen LogP contribution in [0.1, 0.15) is 35.8 Å². The summed E-state index contributed by atoms with van der Waals surface area (Å²) < 4.78 is 1.70. The molecule has 2 N–H and O–H groups in total. The Morgan fingerprint density at radius 2 is 2.28 bits per heavy atom. The highest BCUT2D eigenvalue weighted by molar-refractivity contribution is 5.95. The normalized spacial score (nSPS) is 15.1. The topological polar surface area (TPSA) is 59.0 Å². The van der Waals surface area contributed by atoms with Gasteiger partial charge in [0, 0.05) is 38.8 Å². The second-order valence-corrected chi connectivity index (χ2v) is 4.99. The van der Waals surface area contributed by atoms with Crippen LogP contribution in [0.15, 0.2) is 6.20 Å². The van der Waals surface area contributed by atoms with Crippen LogP contribution < -0.4 is 10.6 Å². The summed E-state index contributed by atoms with van der Waals surface area (Å²) in [6.07, 6.45) is 1.80. The van der Waals surface area contributed by atoms with Crippen LogP contribution in [0, 0.1) is 5.92 Å². The van der Waals surface area contributed by atoms with E-state index in [-0.39, 0.29) is 24.2 Å². The van der Waals surface area contributed by atoms with Gasteiger partial charge >= 0.3 is 0 Å². The van der Waals surface area contributed by atoms with Crippen LogP contribution in [0.4, 0.5) is 0 Å². The van der Waals surface area contributed by atoms with Crippen LogP contribution in [-0.2, 0) is 7.05 Å². The van der Waals surface area contributed by atoms with Crippen molar-refractivity contribution in [2.24, 2.45) is 13.0 Å². The molecule has 1 amide bonds. The van der Waals surface area contributed by atoms with Crippen molar-refractivity contribution in [3.63, 3.8) is 0 Å². The van der Waals surface area contributed by atoms with Crippen molar-refractivity contribution in [3.8, 4) is 0 Å². The average Bonchev–Trinajstić information content (AvgIpc) is 2.58. The van der Waals surface area contributed by atoms with E-state index >= 15 is 0 Å². The van der Waals surface area contributed by atoms with Gasteiger partial charge in [0.15, 0.2) is 0 Å². The summed E-state index contributed by atoms with van der Waals surface area (Å²) in [5.74, 6) is 0.842. The Bertz CT molecular complexity index is 412. The first-order valence-electron chi connectivity index (χ1n) is 6.10. The molecule has 1 aromatic rings. The van der Waals surface area contributed by atoms with Crippen LogP contribution in [-0.4, -0.2) is 35.3 Å². The predicted octanol–water partition coefficient (Wildman–Crippen LogP) is 0.915. The summed E-state index contributed by atoms with van der Waals surface area (Å²) in [5, 5.41) is 10.5. The van der Waals surface area contributed by atoms with E-state index in [4.69, 9.17) is 0 Å². The molecule has 0 aliphatic carbocycles. The Morgan fingerprint density at radius 3 is 2.78 bits per heavy atom. The van der Waals surface area contributed by atoms with Crippen LogP contribution in [0.2, 0.25) is 0 Å². The Labute approximate surface area is 114 Å². The van der Waals surface area contributed by atoms with E-state index in [1.807, 2.05) is 7.05 Å². The third kappa shape index (κ3) is 3.23. The molecule has 102 valence electrons. The molecule has 18 heavy (non-hydrogen) atoms. The zero-order chi connectivity index (χ0) is 12.4. The summed E-state index contributed by atoms with van der Waals surface area (Å²) in [6.45, 7) is 6.86. The van der Waals surface area contributed by atoms with Crippen LogP contribution >= 0.6 is 12.4 Å². The molecule has 0 saturated carbocycles. The number of aromatic nitrogens is 2. The number of amides is 1. The van der Waals surface area contributed by atoms with Gasteiger partial charge in [-0.25, -0.2) is 0 Å². The first kappa shape index (κ1) is 15.0. The first-order valence-corrected chi connectivity index (χ1v) is 6.10. The lowest BCUT2D eigenvalue weighted by molar-refractivity contribution is 0.0941. The SMILES string of the molecule is CC(C)c1nn(C)cc1C(=O)NCC1CNC1.Cl. The van der Waals surface area contributed by atoms with Crippen LogP contribution in [0.5, 0.6) is 0 Å².